The van der Waals surface area contributed by atoms with Crippen molar-refractivity contribution in [3.05, 3.63) is 24.3 Å². The third-order valence-electron chi connectivity index (χ3n) is 4.57. The van der Waals surface area contributed by atoms with Gasteiger partial charge in [0.25, 0.3) is 6.43 Å². The van der Waals surface area contributed by atoms with Gasteiger partial charge in [-0.15, -0.1) is 12.4 Å². The summed E-state index contributed by atoms with van der Waals surface area (Å²) in [4.78, 5) is 12.3. The lowest BCUT2D eigenvalue weighted by atomic mass is 9.89. The highest BCUT2D eigenvalue weighted by atomic mass is 35.5. The molecule has 1 amide bonds. The van der Waals surface area contributed by atoms with Crippen molar-refractivity contribution in [2.75, 3.05) is 11.9 Å². The molecule has 2 heterocycles. The second-order valence-corrected chi connectivity index (χ2v) is 6.43. The molecule has 0 spiro atoms. The topological polar surface area (TPSA) is 50.4 Å². The zero-order chi connectivity index (χ0) is 16.2. The van der Waals surface area contributed by atoms with E-state index in [1.54, 1.807) is 24.3 Å². The number of nitrogens with one attached hydrogen (secondary N) is 2. The minimum absolute atomic E-state index is 0. The molecule has 4 nitrogen and oxygen atoms in total. The van der Waals surface area contributed by atoms with Crippen LogP contribution in [-0.4, -0.2) is 31.0 Å². The van der Waals surface area contributed by atoms with Gasteiger partial charge in [0, 0.05) is 18.5 Å². The number of amides is 1. The normalized spacial score (nSPS) is 25.2. The number of hydrogen-bond acceptors (Lipinski definition) is 3. The summed E-state index contributed by atoms with van der Waals surface area (Å²) in [6.07, 6.45) is 2.41. The van der Waals surface area contributed by atoms with E-state index >= 15 is 0 Å². The van der Waals surface area contributed by atoms with Crippen LogP contribution >= 0.6 is 12.4 Å². The van der Waals surface area contributed by atoms with Crippen LogP contribution in [0.4, 0.5) is 14.5 Å². The fourth-order valence-electron chi connectivity index (χ4n) is 3.65. The van der Waals surface area contributed by atoms with E-state index in [2.05, 4.69) is 10.6 Å². The Morgan fingerprint density at radius 1 is 1.25 bits per heavy atom. The highest BCUT2D eigenvalue weighted by Crippen LogP contribution is 2.33. The van der Waals surface area contributed by atoms with Crippen molar-refractivity contribution in [1.82, 2.24) is 5.32 Å². The minimum Gasteiger partial charge on any atom is -0.485 e. The summed E-state index contributed by atoms with van der Waals surface area (Å²) in [7, 11) is 0. The summed E-state index contributed by atoms with van der Waals surface area (Å²) in [5.74, 6) is 0.596. The number of ether oxygens (including phenoxy) is 1. The number of halogens is 3. The van der Waals surface area contributed by atoms with Crippen molar-refractivity contribution in [3.8, 4) is 5.75 Å². The monoisotopic (exact) mass is 360 g/mol. The van der Waals surface area contributed by atoms with Crippen LogP contribution in [0.25, 0.3) is 0 Å². The first-order valence-electron chi connectivity index (χ1n) is 8.16. The van der Waals surface area contributed by atoms with Crippen molar-refractivity contribution in [3.63, 3.8) is 0 Å². The van der Waals surface area contributed by atoms with Crippen LogP contribution in [-0.2, 0) is 4.79 Å². The Morgan fingerprint density at radius 2 is 1.92 bits per heavy atom. The van der Waals surface area contributed by atoms with Crippen LogP contribution in [0.1, 0.15) is 32.1 Å². The molecule has 2 atom stereocenters. The Balaban J connectivity index is 0.00000208. The van der Waals surface area contributed by atoms with Crippen molar-refractivity contribution >= 4 is 24.0 Å². The molecule has 7 heteroatoms. The second-order valence-electron chi connectivity index (χ2n) is 6.43. The van der Waals surface area contributed by atoms with Gasteiger partial charge in [-0.05, 0) is 43.7 Å². The molecule has 0 aromatic heterocycles. The molecule has 3 rings (SSSR count). The smallest absolute Gasteiger partial charge is 0.272 e. The summed E-state index contributed by atoms with van der Waals surface area (Å²) in [5, 5.41) is 6.36. The number of carbonyl (C=O) groups is 1. The van der Waals surface area contributed by atoms with E-state index in [0.717, 1.165) is 12.8 Å². The molecule has 0 saturated carbocycles. The lowest BCUT2D eigenvalue weighted by Crippen LogP contribution is -2.39. The summed E-state index contributed by atoms with van der Waals surface area (Å²) in [6.45, 7) is -0.676. The molecule has 134 valence electrons. The molecule has 2 unspecified atom stereocenters. The number of alkyl halides is 2. The van der Waals surface area contributed by atoms with Crippen molar-refractivity contribution < 1.29 is 18.3 Å². The number of carbonyl (C=O) groups excluding carboxylic acids is 1. The third kappa shape index (κ3) is 5.05. The molecule has 2 fully saturated rings. The molecule has 2 saturated heterocycles. The Kier molecular flexibility index (Phi) is 6.80. The number of rotatable bonds is 6. The van der Waals surface area contributed by atoms with Crippen molar-refractivity contribution in [2.45, 2.75) is 50.6 Å². The Bertz CT molecular complexity index is 547. The first kappa shape index (κ1) is 18.9. The van der Waals surface area contributed by atoms with Gasteiger partial charge in [-0.1, -0.05) is 12.1 Å². The molecule has 2 N–H and O–H groups in total. The maximum absolute atomic E-state index is 12.3. The van der Waals surface area contributed by atoms with Crippen molar-refractivity contribution in [2.24, 2.45) is 5.92 Å². The number of para-hydroxylation sites is 2. The van der Waals surface area contributed by atoms with Gasteiger partial charge in [-0.25, -0.2) is 8.78 Å². The van der Waals surface area contributed by atoms with Crippen LogP contribution in [0.2, 0.25) is 0 Å². The maximum Gasteiger partial charge on any atom is 0.272 e. The molecule has 1 aromatic rings. The average molecular weight is 361 g/mol. The van der Waals surface area contributed by atoms with Gasteiger partial charge in [0.15, 0.2) is 0 Å². The Hall–Kier alpha value is -1.40. The van der Waals surface area contributed by atoms with Gasteiger partial charge in [0.2, 0.25) is 5.91 Å². The number of fused-ring (bicyclic) bond motifs is 2. The zero-order valence-corrected chi connectivity index (χ0v) is 14.2. The second kappa shape index (κ2) is 8.62. The standard InChI is InChI=1S/C17H22F2N2O2.ClH/c18-16(19)10-23-15-4-2-1-3-14(15)21-17(22)9-11-7-12-5-6-13(8-11)20-12;/h1-4,11-13,16,20H,5-10H2,(H,21,22);1H. The third-order valence-corrected chi connectivity index (χ3v) is 4.57. The molecule has 24 heavy (non-hydrogen) atoms. The van der Waals surface area contributed by atoms with Gasteiger partial charge in [0.1, 0.15) is 12.4 Å². The van der Waals surface area contributed by atoms with Crippen molar-refractivity contribution in [1.29, 1.82) is 0 Å². The van der Waals surface area contributed by atoms with Crippen LogP contribution in [0.3, 0.4) is 0 Å². The number of piperidine rings is 1. The molecule has 2 aliphatic heterocycles. The molecule has 0 aliphatic carbocycles. The highest BCUT2D eigenvalue weighted by Gasteiger charge is 2.34. The number of anilines is 1. The SMILES string of the molecule is Cl.O=C(CC1CC2CCC(C1)N2)Nc1ccccc1OCC(F)F. The first-order chi connectivity index (χ1) is 11.1. The quantitative estimate of drug-likeness (QED) is 0.814. The van der Waals surface area contributed by atoms with E-state index in [-0.39, 0.29) is 24.1 Å². The molecular weight excluding hydrogens is 338 g/mol. The minimum atomic E-state index is -2.54. The van der Waals surface area contributed by atoms with E-state index in [4.69, 9.17) is 4.74 Å². The fraction of sp³-hybridized carbons (Fsp3) is 0.588. The van der Waals surface area contributed by atoms with Crippen LogP contribution in [0.15, 0.2) is 24.3 Å². The van der Waals surface area contributed by atoms with Gasteiger partial charge < -0.3 is 15.4 Å². The van der Waals surface area contributed by atoms with Gasteiger partial charge in [-0.3, -0.25) is 4.79 Å². The highest BCUT2D eigenvalue weighted by molar-refractivity contribution is 5.92. The lowest BCUT2D eigenvalue weighted by Gasteiger charge is -2.28. The average Bonchev–Trinajstić information content (AvgIpc) is 2.85. The Labute approximate surface area is 146 Å². The lowest BCUT2D eigenvalue weighted by molar-refractivity contribution is -0.117. The molecule has 0 radical (unpaired) electrons. The molecular formula is C17H23ClF2N2O2. The zero-order valence-electron chi connectivity index (χ0n) is 13.3. The number of benzene rings is 1. The van der Waals surface area contributed by atoms with E-state index in [1.807, 2.05) is 0 Å². The predicted octanol–water partition coefficient (Wildman–Crippen LogP) is 3.61. The largest absolute Gasteiger partial charge is 0.485 e. The molecule has 1 aromatic carbocycles. The van der Waals surface area contributed by atoms with E-state index < -0.39 is 13.0 Å². The predicted molar refractivity (Wildman–Crippen MR) is 91.1 cm³/mol. The van der Waals surface area contributed by atoms with Crippen LogP contribution < -0.4 is 15.4 Å². The van der Waals surface area contributed by atoms with Crippen LogP contribution in [0.5, 0.6) is 5.75 Å². The first-order valence-corrected chi connectivity index (χ1v) is 8.16. The maximum atomic E-state index is 12.3. The van der Waals surface area contributed by atoms with Gasteiger partial charge in [0.05, 0.1) is 5.69 Å². The summed E-state index contributed by atoms with van der Waals surface area (Å²) in [6, 6.07) is 7.80. The Morgan fingerprint density at radius 3 is 2.58 bits per heavy atom. The summed E-state index contributed by atoms with van der Waals surface area (Å²) < 4.78 is 29.6. The number of hydrogen-bond donors (Lipinski definition) is 2. The van der Waals surface area contributed by atoms with E-state index in [1.165, 1.54) is 12.8 Å². The summed E-state index contributed by atoms with van der Waals surface area (Å²) >= 11 is 0. The summed E-state index contributed by atoms with van der Waals surface area (Å²) in [5.41, 5.74) is 0.454. The molecule has 2 aliphatic rings. The fourth-order valence-corrected chi connectivity index (χ4v) is 3.65. The van der Waals surface area contributed by atoms with Crippen LogP contribution in [0, 0.1) is 5.92 Å². The van der Waals surface area contributed by atoms with Gasteiger partial charge >= 0.3 is 0 Å². The molecule has 2 bridgehead atoms. The van der Waals surface area contributed by atoms with Gasteiger partial charge in [-0.2, -0.15) is 0 Å². The van der Waals surface area contributed by atoms with E-state index in [0.29, 0.717) is 30.1 Å². The van der Waals surface area contributed by atoms with E-state index in [9.17, 15) is 13.6 Å².